The van der Waals surface area contributed by atoms with Crippen LogP contribution in [0, 0.1) is 11.8 Å². The standard InChI is InChI=1S/C24H24O6S/c1-2-14-10-16-20(12-19(14)30-24(26)22-4-3-9-31-22)29-13-17(23(16)25)15-5-6-18-21(11-15)28-8-7-27-18/h3-6,9,11,13-14,16,19-20H,2,7-8,10,12H2,1H3. The van der Waals surface area contributed by atoms with Gasteiger partial charge in [0.2, 0.25) is 0 Å². The number of benzene rings is 1. The lowest BCUT2D eigenvalue weighted by atomic mass is 9.72. The normalized spacial score (nSPS) is 27.0. The maximum Gasteiger partial charge on any atom is 0.348 e. The average Bonchev–Trinajstić information content (AvgIpc) is 3.34. The van der Waals surface area contributed by atoms with E-state index in [-0.39, 0.29) is 35.8 Å². The molecule has 2 aliphatic heterocycles. The van der Waals surface area contributed by atoms with Gasteiger partial charge in [-0.1, -0.05) is 19.1 Å². The number of thiophene rings is 1. The number of fused-ring (bicyclic) bond motifs is 2. The molecule has 3 aliphatic rings. The first-order valence-electron chi connectivity index (χ1n) is 10.7. The number of ether oxygens (including phenoxy) is 4. The van der Waals surface area contributed by atoms with E-state index in [1.165, 1.54) is 11.3 Å². The highest BCUT2D eigenvalue weighted by Crippen LogP contribution is 2.42. The van der Waals surface area contributed by atoms with Gasteiger partial charge in [0.05, 0.1) is 17.8 Å². The molecule has 0 spiro atoms. The molecule has 31 heavy (non-hydrogen) atoms. The minimum absolute atomic E-state index is 0.0782. The van der Waals surface area contributed by atoms with E-state index in [4.69, 9.17) is 18.9 Å². The van der Waals surface area contributed by atoms with Crippen LogP contribution in [-0.4, -0.2) is 37.2 Å². The Morgan fingerprint density at radius 2 is 2.00 bits per heavy atom. The maximum atomic E-state index is 13.4. The summed E-state index contributed by atoms with van der Waals surface area (Å²) in [4.78, 5) is 26.4. The first-order chi connectivity index (χ1) is 15.1. The fraction of sp³-hybridized carbons (Fsp3) is 0.417. The average molecular weight is 441 g/mol. The highest BCUT2D eigenvalue weighted by atomic mass is 32.1. The number of hydrogen-bond donors (Lipinski definition) is 0. The van der Waals surface area contributed by atoms with Crippen molar-refractivity contribution in [1.29, 1.82) is 0 Å². The summed E-state index contributed by atoms with van der Waals surface area (Å²) in [7, 11) is 0. The predicted octanol–water partition coefficient (Wildman–Crippen LogP) is 4.49. The number of allylic oxidation sites excluding steroid dienone is 1. The highest BCUT2D eigenvalue weighted by Gasteiger charge is 2.45. The Morgan fingerprint density at radius 3 is 2.77 bits per heavy atom. The molecule has 4 atom stereocenters. The predicted molar refractivity (Wildman–Crippen MR) is 115 cm³/mol. The third kappa shape index (κ3) is 3.82. The molecule has 2 aromatic rings. The van der Waals surface area contributed by atoms with Crippen LogP contribution in [0.25, 0.3) is 5.57 Å². The Bertz CT molecular complexity index is 1010. The van der Waals surface area contributed by atoms with Crippen molar-refractivity contribution >= 4 is 28.7 Å². The van der Waals surface area contributed by atoms with Gasteiger partial charge in [-0.05, 0) is 47.9 Å². The molecule has 0 amide bonds. The Balaban J connectivity index is 1.34. The zero-order valence-electron chi connectivity index (χ0n) is 17.2. The van der Waals surface area contributed by atoms with Crippen molar-refractivity contribution < 1.29 is 28.5 Å². The molecule has 1 aromatic heterocycles. The molecule has 1 aliphatic carbocycles. The molecule has 5 rings (SSSR count). The quantitative estimate of drug-likeness (QED) is 0.653. The molecular formula is C24H24O6S. The second kappa shape index (κ2) is 8.38. The van der Waals surface area contributed by atoms with Crippen molar-refractivity contribution in [2.45, 2.75) is 38.4 Å². The van der Waals surface area contributed by atoms with E-state index in [1.807, 2.05) is 29.6 Å². The molecule has 0 radical (unpaired) electrons. The van der Waals surface area contributed by atoms with E-state index in [0.29, 0.717) is 48.0 Å². The Morgan fingerprint density at radius 1 is 1.16 bits per heavy atom. The van der Waals surface area contributed by atoms with Crippen LogP contribution < -0.4 is 9.47 Å². The van der Waals surface area contributed by atoms with Gasteiger partial charge in [0.25, 0.3) is 0 Å². The Labute approximate surface area is 184 Å². The van der Waals surface area contributed by atoms with E-state index >= 15 is 0 Å². The SMILES string of the molecule is CCC1CC2C(=O)C(c3ccc4c(c3)OCCO4)=COC2CC1OC(=O)c1cccs1. The van der Waals surface area contributed by atoms with Crippen molar-refractivity contribution in [1.82, 2.24) is 0 Å². The van der Waals surface area contributed by atoms with Crippen LogP contribution in [-0.2, 0) is 14.3 Å². The Kier molecular flexibility index (Phi) is 5.44. The van der Waals surface area contributed by atoms with Gasteiger partial charge in [-0.15, -0.1) is 11.3 Å². The third-order valence-electron chi connectivity index (χ3n) is 6.32. The van der Waals surface area contributed by atoms with Crippen molar-refractivity contribution in [3.8, 4) is 11.5 Å². The van der Waals surface area contributed by atoms with Crippen molar-refractivity contribution in [2.24, 2.45) is 11.8 Å². The number of Topliss-reactive ketones (excluding diaryl/α,β-unsaturated/α-hetero) is 1. The summed E-state index contributed by atoms with van der Waals surface area (Å²) in [6.45, 7) is 3.09. The number of rotatable bonds is 4. The molecule has 7 heteroatoms. The number of carbonyl (C=O) groups is 2. The topological polar surface area (TPSA) is 71.1 Å². The lowest BCUT2D eigenvalue weighted by molar-refractivity contribution is -0.129. The highest BCUT2D eigenvalue weighted by molar-refractivity contribution is 7.11. The fourth-order valence-corrected chi connectivity index (χ4v) is 5.25. The minimum atomic E-state index is -0.299. The molecule has 1 aromatic carbocycles. The number of esters is 1. The molecule has 1 fully saturated rings. The van der Waals surface area contributed by atoms with E-state index in [9.17, 15) is 9.59 Å². The molecule has 3 heterocycles. The number of ketones is 1. The molecule has 4 unspecified atom stereocenters. The van der Waals surface area contributed by atoms with Gasteiger partial charge in [0.15, 0.2) is 17.3 Å². The molecule has 0 N–H and O–H groups in total. The molecule has 0 bridgehead atoms. The van der Waals surface area contributed by atoms with Crippen molar-refractivity contribution in [2.75, 3.05) is 13.2 Å². The second-order valence-corrected chi connectivity index (χ2v) is 9.04. The summed E-state index contributed by atoms with van der Waals surface area (Å²) in [6.07, 6.45) is 3.03. The molecular weight excluding hydrogens is 416 g/mol. The van der Waals surface area contributed by atoms with Gasteiger partial charge < -0.3 is 18.9 Å². The third-order valence-corrected chi connectivity index (χ3v) is 7.17. The molecule has 1 saturated carbocycles. The Hall–Kier alpha value is -2.80. The maximum absolute atomic E-state index is 13.4. The molecule has 6 nitrogen and oxygen atoms in total. The smallest absolute Gasteiger partial charge is 0.348 e. The van der Waals surface area contributed by atoms with Gasteiger partial charge >= 0.3 is 5.97 Å². The molecule has 162 valence electrons. The van der Waals surface area contributed by atoms with Crippen molar-refractivity contribution in [3.05, 3.63) is 52.4 Å². The summed E-state index contributed by atoms with van der Waals surface area (Å²) in [6, 6.07) is 9.14. The zero-order valence-corrected chi connectivity index (χ0v) is 18.1. The van der Waals surface area contributed by atoms with Gasteiger partial charge in [-0.2, -0.15) is 0 Å². The summed E-state index contributed by atoms with van der Waals surface area (Å²) in [5.41, 5.74) is 1.33. The van der Waals surface area contributed by atoms with E-state index < -0.39 is 0 Å². The summed E-state index contributed by atoms with van der Waals surface area (Å²) < 4.78 is 23.1. The minimum Gasteiger partial charge on any atom is -0.496 e. The van der Waals surface area contributed by atoms with Gasteiger partial charge in [-0.3, -0.25) is 4.79 Å². The fourth-order valence-electron chi connectivity index (χ4n) is 4.64. The lowest BCUT2D eigenvalue weighted by Gasteiger charge is -2.41. The second-order valence-electron chi connectivity index (χ2n) is 8.10. The number of hydrogen-bond acceptors (Lipinski definition) is 7. The summed E-state index contributed by atoms with van der Waals surface area (Å²) in [5.74, 6) is 1.00. The summed E-state index contributed by atoms with van der Waals surface area (Å²) >= 11 is 1.37. The van der Waals surface area contributed by atoms with Crippen LogP contribution in [0.3, 0.4) is 0 Å². The van der Waals surface area contributed by atoms with Crippen LogP contribution in [0.4, 0.5) is 0 Å². The first kappa shape index (κ1) is 20.1. The van der Waals surface area contributed by atoms with Crippen LogP contribution in [0.15, 0.2) is 42.0 Å². The van der Waals surface area contributed by atoms with E-state index in [1.54, 1.807) is 12.3 Å². The van der Waals surface area contributed by atoms with Gasteiger partial charge in [0, 0.05) is 6.42 Å². The lowest BCUT2D eigenvalue weighted by Crippen LogP contribution is -2.46. The van der Waals surface area contributed by atoms with E-state index in [0.717, 1.165) is 12.0 Å². The monoisotopic (exact) mass is 440 g/mol. The zero-order chi connectivity index (χ0) is 21.4. The van der Waals surface area contributed by atoms with Crippen LogP contribution in [0.1, 0.15) is 41.4 Å². The van der Waals surface area contributed by atoms with E-state index in [2.05, 4.69) is 6.92 Å². The first-order valence-corrected chi connectivity index (χ1v) is 11.6. The van der Waals surface area contributed by atoms with Crippen LogP contribution in [0.5, 0.6) is 11.5 Å². The number of carbonyl (C=O) groups excluding carboxylic acids is 2. The summed E-state index contributed by atoms with van der Waals surface area (Å²) in [5, 5.41) is 1.86. The van der Waals surface area contributed by atoms with Gasteiger partial charge in [-0.25, -0.2) is 4.79 Å². The largest absolute Gasteiger partial charge is 0.496 e. The van der Waals surface area contributed by atoms with Crippen LogP contribution >= 0.6 is 11.3 Å². The van der Waals surface area contributed by atoms with Crippen LogP contribution in [0.2, 0.25) is 0 Å². The molecule has 0 saturated heterocycles. The van der Waals surface area contributed by atoms with Gasteiger partial charge in [0.1, 0.15) is 30.3 Å². The van der Waals surface area contributed by atoms with Crippen molar-refractivity contribution in [3.63, 3.8) is 0 Å².